The molecule has 0 saturated carbocycles. The molecule has 6 heteroatoms. The molecule has 0 amide bonds. The summed E-state index contributed by atoms with van der Waals surface area (Å²) in [4.78, 5) is 37.9. The third-order valence-corrected chi connectivity index (χ3v) is 11.2. The Kier molecular flexibility index (Phi) is 48.9. The summed E-state index contributed by atoms with van der Waals surface area (Å²) in [5.41, 5.74) is 0. The fourth-order valence-corrected chi connectivity index (χ4v) is 7.16. The molecule has 0 aromatic rings. The first-order valence-electron chi connectivity index (χ1n) is 26.4. The van der Waals surface area contributed by atoms with Gasteiger partial charge in [0.05, 0.1) is 0 Å². The Labute approximate surface area is 389 Å². The molecule has 0 spiro atoms. The number of hydrogen-bond donors (Lipinski definition) is 0. The van der Waals surface area contributed by atoms with Crippen molar-refractivity contribution in [3.8, 4) is 0 Å². The van der Waals surface area contributed by atoms with Gasteiger partial charge in [-0.1, -0.05) is 209 Å². The number of carbonyl (C=O) groups is 3. The number of allylic oxidation sites excluding steroid dienone is 12. The molecule has 1 atom stereocenters. The van der Waals surface area contributed by atoms with Crippen LogP contribution in [0.15, 0.2) is 72.9 Å². The molecule has 0 aliphatic heterocycles. The molecular weight excluding hydrogens is 781 g/mol. The fourth-order valence-electron chi connectivity index (χ4n) is 7.16. The van der Waals surface area contributed by atoms with Crippen LogP contribution in [0.3, 0.4) is 0 Å². The van der Waals surface area contributed by atoms with Crippen molar-refractivity contribution >= 4 is 17.9 Å². The number of esters is 3. The Morgan fingerprint density at radius 1 is 0.333 bits per heavy atom. The smallest absolute Gasteiger partial charge is 0.306 e. The molecule has 0 fully saturated rings. The van der Waals surface area contributed by atoms with E-state index in [4.69, 9.17) is 14.2 Å². The largest absolute Gasteiger partial charge is 0.462 e. The molecule has 0 rings (SSSR count). The number of unbranched alkanes of at least 4 members (excludes halogenated alkanes) is 24. The lowest BCUT2D eigenvalue weighted by atomic mass is 10.1. The van der Waals surface area contributed by atoms with Crippen LogP contribution < -0.4 is 0 Å². The van der Waals surface area contributed by atoms with E-state index in [1.54, 1.807) is 0 Å². The van der Waals surface area contributed by atoms with E-state index >= 15 is 0 Å². The lowest BCUT2D eigenvalue weighted by Gasteiger charge is -2.18. The quantitative estimate of drug-likeness (QED) is 0.0262. The van der Waals surface area contributed by atoms with Gasteiger partial charge in [-0.25, -0.2) is 0 Å². The molecule has 0 radical (unpaired) electrons. The van der Waals surface area contributed by atoms with Crippen molar-refractivity contribution in [3.05, 3.63) is 72.9 Å². The number of carbonyl (C=O) groups excluding carboxylic acids is 3. The first-order valence-corrected chi connectivity index (χ1v) is 26.4. The molecular formula is C57H98O6. The maximum absolute atomic E-state index is 12.7. The summed E-state index contributed by atoms with van der Waals surface area (Å²) >= 11 is 0. The maximum atomic E-state index is 12.7. The normalized spacial score (nSPS) is 12.6. The van der Waals surface area contributed by atoms with E-state index in [0.717, 1.165) is 103 Å². The summed E-state index contributed by atoms with van der Waals surface area (Å²) in [5.74, 6) is -0.906. The Morgan fingerprint density at radius 3 is 0.984 bits per heavy atom. The molecule has 0 heterocycles. The van der Waals surface area contributed by atoms with E-state index in [1.807, 2.05) is 0 Å². The Balaban J connectivity index is 4.26. The van der Waals surface area contributed by atoms with Crippen molar-refractivity contribution in [3.63, 3.8) is 0 Å². The Bertz CT molecular complexity index is 1190. The zero-order valence-corrected chi connectivity index (χ0v) is 41.3. The van der Waals surface area contributed by atoms with E-state index < -0.39 is 6.10 Å². The number of ether oxygens (including phenoxy) is 3. The van der Waals surface area contributed by atoms with Crippen LogP contribution in [0.2, 0.25) is 0 Å². The van der Waals surface area contributed by atoms with Crippen molar-refractivity contribution in [2.24, 2.45) is 0 Å². The van der Waals surface area contributed by atoms with Crippen molar-refractivity contribution in [2.45, 2.75) is 258 Å². The van der Waals surface area contributed by atoms with Crippen LogP contribution in [0, 0.1) is 0 Å². The highest BCUT2D eigenvalue weighted by molar-refractivity contribution is 5.71. The second-order valence-electron chi connectivity index (χ2n) is 17.4. The van der Waals surface area contributed by atoms with Gasteiger partial charge in [0.2, 0.25) is 0 Å². The lowest BCUT2D eigenvalue weighted by molar-refractivity contribution is -0.167. The van der Waals surface area contributed by atoms with Gasteiger partial charge in [0, 0.05) is 19.3 Å². The third-order valence-electron chi connectivity index (χ3n) is 11.2. The first kappa shape index (κ1) is 59.9. The third kappa shape index (κ3) is 49.7. The summed E-state index contributed by atoms with van der Waals surface area (Å²) < 4.78 is 16.8. The van der Waals surface area contributed by atoms with Crippen LogP contribution in [0.1, 0.15) is 252 Å². The molecule has 63 heavy (non-hydrogen) atoms. The molecule has 0 aliphatic rings. The first-order chi connectivity index (χ1) is 31.0. The summed E-state index contributed by atoms with van der Waals surface area (Å²) in [6.45, 7) is 6.43. The van der Waals surface area contributed by atoms with E-state index in [1.165, 1.54) is 109 Å². The SMILES string of the molecule is CC/C=C\C/C=C\C/C=C\C/C=C\CCCCCCCCCCCCC(=O)OCC(COC(=O)CCCCCCC/C=C\CCCC)OC(=O)CCCCCCC/C=C\CCCC. The van der Waals surface area contributed by atoms with Gasteiger partial charge in [-0.3, -0.25) is 14.4 Å². The summed E-state index contributed by atoms with van der Waals surface area (Å²) in [6, 6.07) is 0. The second-order valence-corrected chi connectivity index (χ2v) is 17.4. The highest BCUT2D eigenvalue weighted by atomic mass is 16.6. The van der Waals surface area contributed by atoms with Gasteiger partial charge in [0.15, 0.2) is 6.10 Å². The number of hydrogen-bond acceptors (Lipinski definition) is 6. The molecule has 1 unspecified atom stereocenters. The van der Waals surface area contributed by atoms with Gasteiger partial charge in [-0.15, -0.1) is 0 Å². The molecule has 6 nitrogen and oxygen atoms in total. The maximum Gasteiger partial charge on any atom is 0.306 e. The molecule has 0 aromatic carbocycles. The van der Waals surface area contributed by atoms with Crippen molar-refractivity contribution < 1.29 is 28.6 Å². The average molecular weight is 879 g/mol. The Hall–Kier alpha value is -3.15. The van der Waals surface area contributed by atoms with Crippen LogP contribution in [0.4, 0.5) is 0 Å². The van der Waals surface area contributed by atoms with Crippen molar-refractivity contribution in [1.82, 2.24) is 0 Å². The molecule has 0 aromatic heterocycles. The molecule has 0 bridgehead atoms. The lowest BCUT2D eigenvalue weighted by Crippen LogP contribution is -2.30. The van der Waals surface area contributed by atoms with Gasteiger partial charge in [0.1, 0.15) is 13.2 Å². The zero-order chi connectivity index (χ0) is 45.8. The van der Waals surface area contributed by atoms with E-state index in [-0.39, 0.29) is 31.1 Å². The summed E-state index contributed by atoms with van der Waals surface area (Å²) in [7, 11) is 0. The van der Waals surface area contributed by atoms with E-state index in [0.29, 0.717) is 19.3 Å². The van der Waals surface area contributed by atoms with Crippen LogP contribution in [0.25, 0.3) is 0 Å². The van der Waals surface area contributed by atoms with Crippen LogP contribution >= 0.6 is 0 Å². The predicted molar refractivity (Wildman–Crippen MR) is 270 cm³/mol. The fraction of sp³-hybridized carbons (Fsp3) is 0.737. The average Bonchev–Trinajstić information content (AvgIpc) is 3.28. The summed E-state index contributed by atoms with van der Waals surface area (Å²) in [6.07, 6.45) is 64.6. The topological polar surface area (TPSA) is 78.9 Å². The Morgan fingerprint density at radius 2 is 0.619 bits per heavy atom. The number of rotatable bonds is 47. The molecule has 362 valence electrons. The van der Waals surface area contributed by atoms with Crippen molar-refractivity contribution in [2.75, 3.05) is 13.2 Å². The zero-order valence-electron chi connectivity index (χ0n) is 41.3. The van der Waals surface area contributed by atoms with E-state index in [2.05, 4.69) is 93.7 Å². The van der Waals surface area contributed by atoms with Crippen LogP contribution in [0.5, 0.6) is 0 Å². The van der Waals surface area contributed by atoms with Crippen molar-refractivity contribution in [1.29, 1.82) is 0 Å². The van der Waals surface area contributed by atoms with Crippen LogP contribution in [-0.2, 0) is 28.6 Å². The van der Waals surface area contributed by atoms with Gasteiger partial charge in [-0.05, 0) is 96.3 Å². The van der Waals surface area contributed by atoms with Gasteiger partial charge in [0.25, 0.3) is 0 Å². The standard InChI is InChI=1S/C57H98O6/c1-4-7-10-13-16-19-22-23-24-25-26-27-28-29-30-31-32-33-36-38-41-44-47-50-56(59)62-53-54(63-57(60)51-48-45-42-39-35-21-18-15-12-9-6-3)52-61-55(58)49-46-43-40-37-34-20-17-14-11-8-5-2/h7,10,14-19,23-24,26-27,54H,4-6,8-9,11-13,20-22,25,28-53H2,1-3H3/b10-7-,17-14-,18-15-,19-16-,24-23-,27-26-. The monoisotopic (exact) mass is 879 g/mol. The highest BCUT2D eigenvalue weighted by Crippen LogP contribution is 2.15. The minimum Gasteiger partial charge on any atom is -0.462 e. The van der Waals surface area contributed by atoms with Crippen LogP contribution in [-0.4, -0.2) is 37.2 Å². The minimum atomic E-state index is -0.782. The molecule has 0 N–H and O–H groups in total. The second kappa shape index (κ2) is 51.5. The summed E-state index contributed by atoms with van der Waals surface area (Å²) in [5, 5.41) is 0. The molecule has 0 saturated heterocycles. The molecule has 0 aliphatic carbocycles. The van der Waals surface area contributed by atoms with Gasteiger partial charge in [-0.2, -0.15) is 0 Å². The van der Waals surface area contributed by atoms with E-state index in [9.17, 15) is 14.4 Å². The highest BCUT2D eigenvalue weighted by Gasteiger charge is 2.19. The van der Waals surface area contributed by atoms with Gasteiger partial charge >= 0.3 is 17.9 Å². The van der Waals surface area contributed by atoms with Gasteiger partial charge < -0.3 is 14.2 Å². The predicted octanol–water partition coefficient (Wildman–Crippen LogP) is 17.4. The minimum absolute atomic E-state index is 0.0834.